The number of nitrogens with two attached hydrogens (primary N) is 1. The van der Waals surface area contributed by atoms with Crippen molar-refractivity contribution < 1.29 is 14.6 Å². The van der Waals surface area contributed by atoms with Crippen LogP contribution in [0.2, 0.25) is 0 Å². The second-order valence-corrected chi connectivity index (χ2v) is 6.10. The molecule has 1 aromatic carbocycles. The summed E-state index contributed by atoms with van der Waals surface area (Å²) in [6.07, 6.45) is 0. The van der Waals surface area contributed by atoms with Gasteiger partial charge in [-0.3, -0.25) is 0 Å². The first-order chi connectivity index (χ1) is 11.0. The third kappa shape index (κ3) is 4.37. The van der Waals surface area contributed by atoms with Crippen LogP contribution < -0.4 is 20.5 Å². The molecule has 0 aliphatic carbocycles. The number of rotatable bonds is 6. The predicted octanol–water partition coefficient (Wildman–Crippen LogP) is 2.40. The summed E-state index contributed by atoms with van der Waals surface area (Å²) >= 11 is 1.48. The van der Waals surface area contributed by atoms with Crippen molar-refractivity contribution in [3.05, 3.63) is 40.6 Å². The van der Waals surface area contributed by atoms with Gasteiger partial charge in [0.25, 0.3) is 0 Å². The van der Waals surface area contributed by atoms with Crippen LogP contribution in [-0.2, 0) is 5.60 Å². The van der Waals surface area contributed by atoms with Crippen molar-refractivity contribution in [3.8, 4) is 11.5 Å². The smallest absolute Gasteiger partial charge is 0.193 e. The molecule has 124 valence electrons. The van der Waals surface area contributed by atoms with E-state index in [0.717, 1.165) is 10.6 Å². The first-order valence-corrected chi connectivity index (χ1v) is 7.89. The monoisotopic (exact) mass is 335 g/mol. The summed E-state index contributed by atoms with van der Waals surface area (Å²) in [6.45, 7) is 1.88. The molecule has 2 aromatic rings. The van der Waals surface area contributed by atoms with Gasteiger partial charge >= 0.3 is 0 Å². The predicted molar refractivity (Wildman–Crippen MR) is 93.5 cm³/mol. The molecule has 1 atom stereocenters. The molecule has 6 nitrogen and oxygen atoms in total. The average Bonchev–Trinajstić information content (AvgIpc) is 3.08. The fourth-order valence-corrected chi connectivity index (χ4v) is 2.78. The van der Waals surface area contributed by atoms with E-state index in [4.69, 9.17) is 15.2 Å². The van der Waals surface area contributed by atoms with E-state index < -0.39 is 5.60 Å². The Labute approximate surface area is 139 Å². The Kier molecular flexibility index (Phi) is 5.46. The minimum Gasteiger partial charge on any atom is -0.493 e. The van der Waals surface area contributed by atoms with Crippen LogP contribution in [0.25, 0.3) is 0 Å². The zero-order valence-electron chi connectivity index (χ0n) is 13.4. The summed E-state index contributed by atoms with van der Waals surface area (Å²) in [5, 5.41) is 15.3. The van der Waals surface area contributed by atoms with Crippen LogP contribution in [0, 0.1) is 0 Å². The Morgan fingerprint density at radius 2 is 2.04 bits per heavy atom. The molecule has 0 fully saturated rings. The highest BCUT2D eigenvalue weighted by molar-refractivity contribution is 7.10. The number of ether oxygens (including phenoxy) is 2. The van der Waals surface area contributed by atoms with Crippen LogP contribution in [0.4, 0.5) is 5.69 Å². The lowest BCUT2D eigenvalue weighted by Gasteiger charge is -2.19. The maximum Gasteiger partial charge on any atom is 0.193 e. The molecule has 0 saturated heterocycles. The Balaban J connectivity index is 2.05. The zero-order valence-corrected chi connectivity index (χ0v) is 14.2. The van der Waals surface area contributed by atoms with Gasteiger partial charge in [0.15, 0.2) is 17.5 Å². The third-order valence-electron chi connectivity index (χ3n) is 3.27. The van der Waals surface area contributed by atoms with Gasteiger partial charge in [0.05, 0.1) is 20.8 Å². The highest BCUT2D eigenvalue weighted by Crippen LogP contribution is 2.29. The molecule has 0 aliphatic rings. The van der Waals surface area contributed by atoms with Gasteiger partial charge in [0.2, 0.25) is 0 Å². The molecule has 0 bridgehead atoms. The number of hydrogen-bond donors (Lipinski definition) is 3. The Morgan fingerprint density at radius 3 is 2.65 bits per heavy atom. The summed E-state index contributed by atoms with van der Waals surface area (Å²) < 4.78 is 10.4. The molecule has 2 rings (SSSR count). The molecule has 23 heavy (non-hydrogen) atoms. The van der Waals surface area contributed by atoms with Crippen LogP contribution in [0.5, 0.6) is 11.5 Å². The lowest BCUT2D eigenvalue weighted by molar-refractivity contribution is 0.0713. The quantitative estimate of drug-likeness (QED) is 0.557. The van der Waals surface area contributed by atoms with Gasteiger partial charge in [-0.15, -0.1) is 11.3 Å². The van der Waals surface area contributed by atoms with Crippen molar-refractivity contribution in [2.24, 2.45) is 10.7 Å². The number of guanidine groups is 1. The maximum absolute atomic E-state index is 10.4. The van der Waals surface area contributed by atoms with E-state index >= 15 is 0 Å². The van der Waals surface area contributed by atoms with Gasteiger partial charge in [-0.1, -0.05) is 6.07 Å². The van der Waals surface area contributed by atoms with E-state index in [9.17, 15) is 5.11 Å². The van der Waals surface area contributed by atoms with Crippen molar-refractivity contribution in [2.45, 2.75) is 12.5 Å². The van der Waals surface area contributed by atoms with Gasteiger partial charge in [0.1, 0.15) is 5.60 Å². The first kappa shape index (κ1) is 17.1. The molecule has 1 aromatic heterocycles. The summed E-state index contributed by atoms with van der Waals surface area (Å²) in [5.74, 6) is 1.44. The number of thiophene rings is 1. The molecule has 7 heteroatoms. The lowest BCUT2D eigenvalue weighted by Crippen LogP contribution is -2.29. The van der Waals surface area contributed by atoms with Crippen molar-refractivity contribution in [1.29, 1.82) is 0 Å². The lowest BCUT2D eigenvalue weighted by atomic mass is 10.1. The number of nitrogens with one attached hydrogen (secondary N) is 1. The minimum atomic E-state index is -1.04. The number of benzene rings is 1. The van der Waals surface area contributed by atoms with Gasteiger partial charge in [-0.25, -0.2) is 4.99 Å². The van der Waals surface area contributed by atoms with E-state index in [-0.39, 0.29) is 12.5 Å². The van der Waals surface area contributed by atoms with Gasteiger partial charge < -0.3 is 25.6 Å². The number of aliphatic hydroxyl groups is 1. The van der Waals surface area contributed by atoms with Crippen molar-refractivity contribution >= 4 is 23.0 Å². The topological polar surface area (TPSA) is 89.1 Å². The zero-order chi connectivity index (χ0) is 16.9. The Morgan fingerprint density at radius 1 is 1.30 bits per heavy atom. The molecule has 4 N–H and O–H groups in total. The summed E-state index contributed by atoms with van der Waals surface area (Å²) in [4.78, 5) is 5.06. The Bertz CT molecular complexity index is 669. The van der Waals surface area contributed by atoms with E-state index in [1.807, 2.05) is 17.5 Å². The molecule has 0 aliphatic heterocycles. The number of anilines is 1. The van der Waals surface area contributed by atoms with Crippen molar-refractivity contribution in [1.82, 2.24) is 0 Å². The van der Waals surface area contributed by atoms with E-state index in [1.165, 1.54) is 11.3 Å². The number of methoxy groups -OCH3 is 2. The summed E-state index contributed by atoms with van der Waals surface area (Å²) in [6, 6.07) is 9.11. The van der Waals surface area contributed by atoms with Crippen molar-refractivity contribution in [3.63, 3.8) is 0 Å². The number of hydrogen-bond acceptors (Lipinski definition) is 5. The molecule has 0 amide bonds. The summed E-state index contributed by atoms with van der Waals surface area (Å²) in [7, 11) is 3.14. The fourth-order valence-electron chi connectivity index (χ4n) is 2.00. The number of aliphatic imine (C=N–C) groups is 1. The largest absolute Gasteiger partial charge is 0.493 e. The van der Waals surface area contributed by atoms with Crippen LogP contribution >= 0.6 is 11.3 Å². The van der Waals surface area contributed by atoms with Crippen LogP contribution in [0.3, 0.4) is 0 Å². The second-order valence-electron chi connectivity index (χ2n) is 5.15. The molecule has 0 saturated carbocycles. The first-order valence-electron chi connectivity index (χ1n) is 7.01. The molecule has 1 unspecified atom stereocenters. The van der Waals surface area contributed by atoms with Gasteiger partial charge in [0, 0.05) is 16.6 Å². The van der Waals surface area contributed by atoms with Gasteiger partial charge in [-0.2, -0.15) is 0 Å². The molecule has 0 radical (unpaired) electrons. The maximum atomic E-state index is 10.4. The van der Waals surface area contributed by atoms with E-state index in [0.29, 0.717) is 11.5 Å². The highest BCUT2D eigenvalue weighted by atomic mass is 32.1. The second kappa shape index (κ2) is 7.34. The normalized spacial score (nSPS) is 14.2. The molecular formula is C16H21N3O3S. The van der Waals surface area contributed by atoms with Crippen LogP contribution in [0.15, 0.2) is 40.7 Å². The van der Waals surface area contributed by atoms with Crippen LogP contribution in [0.1, 0.15) is 11.8 Å². The van der Waals surface area contributed by atoms with E-state index in [2.05, 4.69) is 10.3 Å². The third-order valence-corrected chi connectivity index (χ3v) is 4.39. The Hall–Kier alpha value is -2.25. The van der Waals surface area contributed by atoms with Crippen molar-refractivity contribution in [2.75, 3.05) is 26.1 Å². The van der Waals surface area contributed by atoms with Crippen LogP contribution in [-0.4, -0.2) is 31.8 Å². The SMILES string of the molecule is COc1ccc(NC(N)=NCC(C)(O)c2cccs2)cc1OC. The average molecular weight is 335 g/mol. The minimum absolute atomic E-state index is 0.166. The molecule has 0 spiro atoms. The van der Waals surface area contributed by atoms with E-state index in [1.54, 1.807) is 39.3 Å². The number of nitrogens with zero attached hydrogens (tertiary/aromatic N) is 1. The molecular weight excluding hydrogens is 314 g/mol. The molecule has 1 heterocycles. The van der Waals surface area contributed by atoms with Gasteiger partial charge in [-0.05, 0) is 30.5 Å². The fraction of sp³-hybridized carbons (Fsp3) is 0.312. The highest BCUT2D eigenvalue weighted by Gasteiger charge is 2.23. The standard InChI is InChI=1S/C16H21N3O3S/c1-16(20,14-5-4-8-23-14)10-18-15(17)19-11-6-7-12(21-2)13(9-11)22-3/h4-9,20H,10H2,1-3H3,(H3,17,18,19). The summed E-state index contributed by atoms with van der Waals surface area (Å²) in [5.41, 5.74) is 5.57.